The second-order valence-corrected chi connectivity index (χ2v) is 8.68. The summed E-state index contributed by atoms with van der Waals surface area (Å²) in [7, 11) is -3.78. The molecular formula is C16H20Cl2N2O3S2. The third-order valence-corrected chi connectivity index (χ3v) is 5.79. The van der Waals surface area contributed by atoms with E-state index in [1.165, 1.54) is 11.3 Å². The summed E-state index contributed by atoms with van der Waals surface area (Å²) in [5, 5.41) is 2.23. The van der Waals surface area contributed by atoms with E-state index in [2.05, 4.69) is 4.90 Å². The van der Waals surface area contributed by atoms with E-state index in [4.69, 9.17) is 33.1 Å². The molecule has 0 fully saturated rings. The zero-order valence-corrected chi connectivity index (χ0v) is 16.9. The summed E-state index contributed by atoms with van der Waals surface area (Å²) < 4.78 is 29.7. The lowest BCUT2D eigenvalue weighted by molar-refractivity contribution is 0.485. The molecule has 1 heterocycles. The van der Waals surface area contributed by atoms with Crippen molar-refractivity contribution in [3.63, 3.8) is 0 Å². The Morgan fingerprint density at radius 3 is 2.40 bits per heavy atom. The molecule has 0 unspecified atom stereocenters. The molecule has 2 N–H and O–H groups in total. The van der Waals surface area contributed by atoms with E-state index in [9.17, 15) is 8.42 Å². The van der Waals surface area contributed by atoms with Crippen LogP contribution in [0.3, 0.4) is 0 Å². The van der Waals surface area contributed by atoms with Crippen molar-refractivity contribution in [2.24, 2.45) is 0 Å². The van der Waals surface area contributed by atoms with Crippen LogP contribution in [-0.4, -0.2) is 33.3 Å². The topological polar surface area (TPSA) is 72.6 Å². The van der Waals surface area contributed by atoms with Crippen molar-refractivity contribution in [2.75, 3.05) is 35.5 Å². The predicted octanol–water partition coefficient (Wildman–Crippen LogP) is 3.83. The summed E-state index contributed by atoms with van der Waals surface area (Å²) in [6.07, 6.45) is 0. The highest BCUT2D eigenvalue weighted by atomic mass is 35.5. The van der Waals surface area contributed by atoms with Gasteiger partial charge in [0.15, 0.2) is 0 Å². The molecule has 9 heteroatoms. The van der Waals surface area contributed by atoms with Gasteiger partial charge in [0, 0.05) is 36.1 Å². The van der Waals surface area contributed by atoms with Gasteiger partial charge in [0.1, 0.15) is 11.5 Å². The molecule has 0 saturated heterocycles. The molecule has 0 amide bonds. The number of halogens is 2. The van der Waals surface area contributed by atoms with E-state index in [1.54, 1.807) is 23.6 Å². The van der Waals surface area contributed by atoms with Crippen LogP contribution >= 0.6 is 34.5 Å². The van der Waals surface area contributed by atoms with Gasteiger partial charge in [0.25, 0.3) is 0 Å². The fourth-order valence-corrected chi connectivity index (χ4v) is 4.68. The summed E-state index contributed by atoms with van der Waals surface area (Å²) in [5.41, 5.74) is 8.14. The number of alkyl halides is 2. The maximum Gasteiger partial charge on any atom is 0.313 e. The van der Waals surface area contributed by atoms with Crippen LogP contribution in [0.15, 0.2) is 29.6 Å². The van der Waals surface area contributed by atoms with Gasteiger partial charge in [0.2, 0.25) is 0 Å². The number of thiophene rings is 1. The van der Waals surface area contributed by atoms with Gasteiger partial charge in [-0.1, -0.05) is 0 Å². The highest BCUT2D eigenvalue weighted by Gasteiger charge is 2.18. The highest BCUT2D eigenvalue weighted by Crippen LogP contribution is 2.27. The van der Waals surface area contributed by atoms with E-state index in [-0.39, 0.29) is 11.5 Å². The molecule has 2 aromatic rings. The molecule has 0 aliphatic rings. The van der Waals surface area contributed by atoms with Gasteiger partial charge in [-0.15, -0.1) is 34.5 Å². The monoisotopic (exact) mass is 422 g/mol. The largest absolute Gasteiger partial charge is 0.390 e. The quantitative estimate of drug-likeness (QED) is 0.490. The molecule has 1 aromatic heterocycles. The fraction of sp³-hybridized carbons (Fsp3) is 0.375. The Bertz CT molecular complexity index is 803. The summed E-state index contributed by atoms with van der Waals surface area (Å²) in [5.74, 6) is 0.968. The normalized spacial score (nSPS) is 11.5. The minimum Gasteiger partial charge on any atom is -0.390 e. The number of nitrogens with two attached hydrogens (primary N) is 1. The Kier molecular flexibility index (Phi) is 7.25. The van der Waals surface area contributed by atoms with Gasteiger partial charge in [-0.25, -0.2) is 0 Å². The molecule has 0 aliphatic heterocycles. The third kappa shape index (κ3) is 5.67. The first-order valence-electron chi connectivity index (χ1n) is 7.58. The number of nitrogen functional groups attached to an aromatic ring is 1. The molecule has 2 rings (SSSR count). The Morgan fingerprint density at radius 1 is 1.20 bits per heavy atom. The zero-order valence-electron chi connectivity index (χ0n) is 13.7. The lowest BCUT2D eigenvalue weighted by atomic mass is 10.1. The number of aryl methyl sites for hydroxylation is 1. The van der Waals surface area contributed by atoms with Crippen LogP contribution in [0.5, 0.6) is 5.75 Å². The van der Waals surface area contributed by atoms with E-state index in [1.807, 2.05) is 13.0 Å². The molecule has 25 heavy (non-hydrogen) atoms. The number of anilines is 2. The number of hydrogen-bond donors (Lipinski definition) is 1. The second kappa shape index (κ2) is 8.98. The summed E-state index contributed by atoms with van der Waals surface area (Å²) in [6.45, 7) is 3.21. The molecule has 0 atom stereocenters. The van der Waals surface area contributed by atoms with Crippen molar-refractivity contribution >= 4 is 55.3 Å². The van der Waals surface area contributed by atoms with E-state index in [0.29, 0.717) is 35.4 Å². The standard InChI is InChI=1S/C16H20Cl2N2O3S2/c1-12-10-14(2-3-15(12)20(7-5-17)8-6-18)23-25(21,22)11-13-4-9-24-16(13)19/h2-4,9-10H,5-8,11,19H2,1H3. The average Bonchev–Trinajstić information content (AvgIpc) is 2.91. The van der Waals surface area contributed by atoms with Gasteiger partial charge in [-0.05, 0) is 42.1 Å². The predicted molar refractivity (Wildman–Crippen MR) is 107 cm³/mol. The average molecular weight is 423 g/mol. The van der Waals surface area contributed by atoms with Crippen LogP contribution in [-0.2, 0) is 15.9 Å². The van der Waals surface area contributed by atoms with Crippen molar-refractivity contribution in [1.29, 1.82) is 0 Å². The molecular weight excluding hydrogens is 403 g/mol. The van der Waals surface area contributed by atoms with Crippen LogP contribution < -0.4 is 14.8 Å². The molecule has 0 aliphatic carbocycles. The van der Waals surface area contributed by atoms with Crippen LogP contribution in [0.25, 0.3) is 0 Å². The van der Waals surface area contributed by atoms with E-state index >= 15 is 0 Å². The van der Waals surface area contributed by atoms with Crippen molar-refractivity contribution in [3.8, 4) is 5.75 Å². The van der Waals surface area contributed by atoms with Crippen LogP contribution in [0.2, 0.25) is 0 Å². The Balaban J connectivity index is 2.15. The maximum absolute atomic E-state index is 12.2. The first kappa shape index (κ1) is 20.2. The molecule has 138 valence electrons. The summed E-state index contributed by atoms with van der Waals surface area (Å²) in [4.78, 5) is 2.06. The van der Waals surface area contributed by atoms with E-state index < -0.39 is 10.1 Å². The lowest BCUT2D eigenvalue weighted by Gasteiger charge is -2.25. The van der Waals surface area contributed by atoms with Crippen LogP contribution in [0.1, 0.15) is 11.1 Å². The lowest BCUT2D eigenvalue weighted by Crippen LogP contribution is -2.28. The van der Waals surface area contributed by atoms with Crippen molar-refractivity contribution in [2.45, 2.75) is 12.7 Å². The smallest absolute Gasteiger partial charge is 0.313 e. The minimum absolute atomic E-state index is 0.256. The zero-order chi connectivity index (χ0) is 18.4. The number of benzene rings is 1. The van der Waals surface area contributed by atoms with Gasteiger partial charge >= 0.3 is 10.1 Å². The van der Waals surface area contributed by atoms with Gasteiger partial charge < -0.3 is 14.8 Å². The Labute approximate surface area is 162 Å². The first-order chi connectivity index (χ1) is 11.9. The molecule has 0 spiro atoms. The van der Waals surface area contributed by atoms with Crippen molar-refractivity contribution < 1.29 is 12.6 Å². The van der Waals surface area contributed by atoms with Crippen LogP contribution in [0, 0.1) is 6.92 Å². The maximum atomic E-state index is 12.2. The van der Waals surface area contributed by atoms with Crippen molar-refractivity contribution in [1.82, 2.24) is 0 Å². The Morgan fingerprint density at radius 2 is 1.88 bits per heavy atom. The van der Waals surface area contributed by atoms with Gasteiger partial charge in [-0.2, -0.15) is 8.42 Å². The summed E-state index contributed by atoms with van der Waals surface area (Å²) in [6, 6.07) is 6.83. The number of hydrogen-bond acceptors (Lipinski definition) is 6. The third-order valence-electron chi connectivity index (χ3n) is 3.55. The van der Waals surface area contributed by atoms with Gasteiger partial charge in [-0.3, -0.25) is 0 Å². The molecule has 0 bridgehead atoms. The van der Waals surface area contributed by atoms with E-state index in [0.717, 1.165) is 11.3 Å². The van der Waals surface area contributed by atoms with Crippen LogP contribution in [0.4, 0.5) is 10.7 Å². The highest BCUT2D eigenvalue weighted by molar-refractivity contribution is 7.86. The second-order valence-electron chi connectivity index (χ2n) is 5.41. The first-order valence-corrected chi connectivity index (χ1v) is 11.1. The fourth-order valence-electron chi connectivity index (χ4n) is 2.42. The molecule has 5 nitrogen and oxygen atoms in total. The van der Waals surface area contributed by atoms with Crippen molar-refractivity contribution in [3.05, 3.63) is 40.8 Å². The minimum atomic E-state index is -3.78. The molecule has 0 radical (unpaired) electrons. The van der Waals surface area contributed by atoms with Gasteiger partial charge in [0.05, 0.1) is 5.00 Å². The Hall–Kier alpha value is -1.15. The SMILES string of the molecule is Cc1cc(OS(=O)(=O)Cc2ccsc2N)ccc1N(CCCl)CCCl. The number of nitrogens with zero attached hydrogens (tertiary/aromatic N) is 1. The molecule has 0 saturated carbocycles. The summed E-state index contributed by atoms with van der Waals surface area (Å²) >= 11 is 13.0. The molecule has 1 aromatic carbocycles. The number of rotatable bonds is 9.